The molecule has 4 rings (SSSR count). The Morgan fingerprint density at radius 1 is 1.08 bits per heavy atom. The maximum Gasteiger partial charge on any atom is 0.410 e. The summed E-state index contributed by atoms with van der Waals surface area (Å²) in [4.78, 5) is 37.6. The lowest BCUT2D eigenvalue weighted by molar-refractivity contribution is -0.138. The first-order valence-corrected chi connectivity index (χ1v) is 12.0. The standard InChI is InChI=1S/C26H30FN3O6/c1-35-22-4-2-3-21(24(22)27)29-25(33)28-19-8-7-18-15-30(12-11-17(18)14-19)26(34)36-20-9-5-16(6-10-20)13-23(31)32/h2-4,7-8,14,16,20H,5-6,9-13,15H2,1H3,(H,31,32)(H2,28,29,33). The summed E-state index contributed by atoms with van der Waals surface area (Å²) in [5.74, 6) is -1.25. The Morgan fingerprint density at radius 3 is 2.58 bits per heavy atom. The van der Waals surface area contributed by atoms with Crippen LogP contribution in [0.25, 0.3) is 0 Å². The molecule has 1 heterocycles. The Morgan fingerprint density at radius 2 is 1.86 bits per heavy atom. The van der Waals surface area contributed by atoms with Crippen LogP contribution in [-0.2, 0) is 22.5 Å². The summed E-state index contributed by atoms with van der Waals surface area (Å²) in [7, 11) is 1.35. The number of hydrogen-bond donors (Lipinski definition) is 3. The van der Waals surface area contributed by atoms with Gasteiger partial charge >= 0.3 is 18.1 Å². The molecule has 3 amide bonds. The maximum absolute atomic E-state index is 14.3. The molecule has 0 radical (unpaired) electrons. The van der Waals surface area contributed by atoms with E-state index in [-0.39, 0.29) is 36.0 Å². The molecule has 0 bridgehead atoms. The molecule has 1 aliphatic heterocycles. The van der Waals surface area contributed by atoms with Crippen LogP contribution in [0.1, 0.15) is 43.2 Å². The summed E-state index contributed by atoms with van der Waals surface area (Å²) in [5.41, 5.74) is 2.55. The number of ether oxygens (including phenoxy) is 2. The SMILES string of the molecule is COc1cccc(NC(=O)Nc2ccc3c(c2)CCN(C(=O)OC2CCC(CC(=O)O)CC2)C3)c1F. The number of carbonyl (C=O) groups excluding carboxylic acids is 2. The van der Waals surface area contributed by atoms with Gasteiger partial charge in [-0.2, -0.15) is 0 Å². The van der Waals surface area contributed by atoms with Gasteiger partial charge in [-0.1, -0.05) is 12.1 Å². The van der Waals surface area contributed by atoms with Gasteiger partial charge in [0.1, 0.15) is 6.10 Å². The normalized spacial score (nSPS) is 19.1. The highest BCUT2D eigenvalue weighted by molar-refractivity contribution is 6.00. The van der Waals surface area contributed by atoms with Crippen molar-refractivity contribution >= 4 is 29.5 Å². The van der Waals surface area contributed by atoms with Crippen LogP contribution in [0.5, 0.6) is 5.75 Å². The number of amides is 3. The minimum atomic E-state index is -0.785. The maximum atomic E-state index is 14.3. The lowest BCUT2D eigenvalue weighted by Gasteiger charge is -2.32. The van der Waals surface area contributed by atoms with E-state index < -0.39 is 17.8 Å². The Kier molecular flexibility index (Phi) is 7.92. The number of fused-ring (bicyclic) bond motifs is 1. The highest BCUT2D eigenvalue weighted by atomic mass is 19.1. The van der Waals surface area contributed by atoms with E-state index in [1.807, 2.05) is 12.1 Å². The summed E-state index contributed by atoms with van der Waals surface area (Å²) in [6.45, 7) is 0.898. The molecule has 9 nitrogen and oxygen atoms in total. The zero-order chi connectivity index (χ0) is 25.7. The van der Waals surface area contributed by atoms with Crippen LogP contribution in [0, 0.1) is 11.7 Å². The molecule has 1 saturated carbocycles. The zero-order valence-corrected chi connectivity index (χ0v) is 20.1. The van der Waals surface area contributed by atoms with E-state index in [0.29, 0.717) is 38.0 Å². The Labute approximate surface area is 208 Å². The number of carboxylic acid groups (broad SMARTS) is 1. The molecule has 3 N–H and O–H groups in total. The second kappa shape index (κ2) is 11.3. The Balaban J connectivity index is 1.29. The van der Waals surface area contributed by atoms with Crippen LogP contribution in [0.3, 0.4) is 0 Å². The van der Waals surface area contributed by atoms with Crippen LogP contribution in [-0.4, -0.2) is 47.9 Å². The van der Waals surface area contributed by atoms with E-state index in [9.17, 15) is 18.8 Å². The van der Waals surface area contributed by atoms with E-state index >= 15 is 0 Å². The van der Waals surface area contributed by atoms with Gasteiger partial charge in [-0.05, 0) is 73.4 Å². The van der Waals surface area contributed by atoms with E-state index in [1.165, 1.54) is 19.2 Å². The predicted molar refractivity (Wildman–Crippen MR) is 131 cm³/mol. The Hall–Kier alpha value is -3.82. The van der Waals surface area contributed by atoms with Crippen molar-refractivity contribution in [3.05, 3.63) is 53.3 Å². The van der Waals surface area contributed by atoms with Crippen molar-refractivity contribution in [1.82, 2.24) is 4.90 Å². The van der Waals surface area contributed by atoms with Crippen LogP contribution in [0.15, 0.2) is 36.4 Å². The van der Waals surface area contributed by atoms with E-state index in [0.717, 1.165) is 24.0 Å². The molecule has 1 aliphatic carbocycles. The molecule has 2 aromatic rings. The number of benzene rings is 2. The van der Waals surface area contributed by atoms with Crippen molar-refractivity contribution in [3.63, 3.8) is 0 Å². The fourth-order valence-corrected chi connectivity index (χ4v) is 4.75. The van der Waals surface area contributed by atoms with Crippen molar-refractivity contribution in [2.45, 2.75) is 51.2 Å². The van der Waals surface area contributed by atoms with Gasteiger partial charge in [0.2, 0.25) is 0 Å². The van der Waals surface area contributed by atoms with Crippen molar-refractivity contribution < 1.29 is 33.4 Å². The molecule has 0 aromatic heterocycles. The molecule has 0 unspecified atom stereocenters. The summed E-state index contributed by atoms with van der Waals surface area (Å²) >= 11 is 0. The minimum Gasteiger partial charge on any atom is -0.494 e. The number of aliphatic carboxylic acids is 1. The average molecular weight is 500 g/mol. The van der Waals surface area contributed by atoms with Gasteiger partial charge in [-0.25, -0.2) is 14.0 Å². The number of nitrogens with zero attached hydrogens (tertiary/aromatic N) is 1. The van der Waals surface area contributed by atoms with Crippen molar-refractivity contribution in [1.29, 1.82) is 0 Å². The number of hydrogen-bond acceptors (Lipinski definition) is 5. The second-order valence-electron chi connectivity index (χ2n) is 9.18. The van der Waals surface area contributed by atoms with Crippen LogP contribution in [0.2, 0.25) is 0 Å². The molecule has 0 spiro atoms. The number of carbonyl (C=O) groups is 3. The molecule has 36 heavy (non-hydrogen) atoms. The largest absolute Gasteiger partial charge is 0.494 e. The Bertz CT molecular complexity index is 1130. The predicted octanol–water partition coefficient (Wildman–Crippen LogP) is 5.01. The number of halogens is 1. The van der Waals surface area contributed by atoms with Gasteiger partial charge in [0.25, 0.3) is 0 Å². The number of anilines is 2. The van der Waals surface area contributed by atoms with E-state index in [4.69, 9.17) is 14.6 Å². The quantitative estimate of drug-likeness (QED) is 0.515. The third kappa shape index (κ3) is 6.24. The third-order valence-electron chi connectivity index (χ3n) is 6.69. The highest BCUT2D eigenvalue weighted by Crippen LogP contribution is 2.30. The lowest BCUT2D eigenvalue weighted by atomic mass is 9.85. The van der Waals surface area contributed by atoms with Crippen molar-refractivity contribution in [2.75, 3.05) is 24.3 Å². The molecule has 2 aliphatic rings. The summed E-state index contributed by atoms with van der Waals surface area (Å²) < 4.78 is 24.9. The topological polar surface area (TPSA) is 117 Å². The molecule has 0 atom stereocenters. The molecule has 0 saturated heterocycles. The first-order chi connectivity index (χ1) is 17.3. The smallest absolute Gasteiger partial charge is 0.410 e. The molecule has 10 heteroatoms. The van der Waals surface area contributed by atoms with Gasteiger partial charge in [0, 0.05) is 25.2 Å². The molecular weight excluding hydrogens is 469 g/mol. The first-order valence-electron chi connectivity index (χ1n) is 12.0. The van der Waals surface area contributed by atoms with Gasteiger partial charge in [0.15, 0.2) is 11.6 Å². The van der Waals surface area contributed by atoms with Gasteiger partial charge in [-0.3, -0.25) is 4.79 Å². The number of rotatable bonds is 6. The van der Waals surface area contributed by atoms with Crippen LogP contribution in [0.4, 0.5) is 25.4 Å². The fraction of sp³-hybridized carbons (Fsp3) is 0.423. The summed E-state index contributed by atoms with van der Waals surface area (Å²) in [5, 5.41) is 14.1. The lowest BCUT2D eigenvalue weighted by Crippen LogP contribution is -2.39. The van der Waals surface area contributed by atoms with Gasteiger partial charge in [0.05, 0.1) is 12.8 Å². The van der Waals surface area contributed by atoms with E-state index in [1.54, 1.807) is 17.0 Å². The first kappa shape index (κ1) is 25.3. The highest BCUT2D eigenvalue weighted by Gasteiger charge is 2.28. The summed E-state index contributed by atoms with van der Waals surface area (Å²) in [6.07, 6.45) is 3.11. The molecular formula is C26H30FN3O6. The zero-order valence-electron chi connectivity index (χ0n) is 20.1. The monoisotopic (exact) mass is 499 g/mol. The summed E-state index contributed by atoms with van der Waals surface area (Å²) in [6, 6.07) is 9.35. The minimum absolute atomic E-state index is 0.00864. The average Bonchev–Trinajstić information content (AvgIpc) is 2.86. The fourth-order valence-electron chi connectivity index (χ4n) is 4.75. The third-order valence-corrected chi connectivity index (χ3v) is 6.69. The number of nitrogens with one attached hydrogen (secondary N) is 2. The van der Waals surface area contributed by atoms with E-state index in [2.05, 4.69) is 10.6 Å². The number of methoxy groups -OCH3 is 1. The second-order valence-corrected chi connectivity index (χ2v) is 9.18. The van der Waals surface area contributed by atoms with Gasteiger partial charge in [-0.15, -0.1) is 0 Å². The van der Waals surface area contributed by atoms with Gasteiger partial charge < -0.3 is 30.1 Å². The van der Waals surface area contributed by atoms with Crippen LogP contribution >= 0.6 is 0 Å². The van der Waals surface area contributed by atoms with Crippen molar-refractivity contribution in [3.8, 4) is 5.75 Å². The molecule has 2 aromatic carbocycles. The van der Waals surface area contributed by atoms with Crippen LogP contribution < -0.4 is 15.4 Å². The van der Waals surface area contributed by atoms with Crippen molar-refractivity contribution in [2.24, 2.45) is 5.92 Å². The number of urea groups is 1. The molecule has 1 fully saturated rings. The molecule has 192 valence electrons. The number of carboxylic acids is 1.